The summed E-state index contributed by atoms with van der Waals surface area (Å²) in [7, 11) is 0. The molecule has 3 saturated heterocycles. The number of esters is 2. The molecule has 3 aliphatic heterocycles. The summed E-state index contributed by atoms with van der Waals surface area (Å²) in [6.45, 7) is -0.386. The number of hydrogen-bond acceptors (Lipinski definition) is 15. The van der Waals surface area contributed by atoms with Crippen molar-refractivity contribution in [3.63, 3.8) is 0 Å². The third-order valence-corrected chi connectivity index (χ3v) is 6.85. The standard InChI is InChI=1S/C22H36N2O14/c1-2-35-12(28)6-23-20(33)13-15(30)19(37-21(34)9-4-3-5-24(9)13)18(10(27)7-25)38-22-17(32)16(31)14(29)11(8-26)36-22/h9-11,13-19,22,25-27,29-32H,2-8H2,1H3,(H,23,33)/t9-,10+,11+,13-,14+,15-,16-,17+,18+,19+,22+/m0/s1. The first-order chi connectivity index (χ1) is 18.0. The summed E-state index contributed by atoms with van der Waals surface area (Å²) in [6, 6.07) is -2.40. The highest BCUT2D eigenvalue weighted by Crippen LogP contribution is 2.32. The van der Waals surface area contributed by atoms with E-state index >= 15 is 0 Å². The number of amides is 1. The summed E-state index contributed by atoms with van der Waals surface area (Å²) in [6.07, 6.45) is -15.2. The van der Waals surface area contributed by atoms with Gasteiger partial charge in [-0.1, -0.05) is 0 Å². The predicted molar refractivity (Wildman–Crippen MR) is 121 cm³/mol. The van der Waals surface area contributed by atoms with Gasteiger partial charge in [-0.3, -0.25) is 19.3 Å². The van der Waals surface area contributed by atoms with Crippen molar-refractivity contribution in [2.24, 2.45) is 0 Å². The van der Waals surface area contributed by atoms with Gasteiger partial charge in [-0.05, 0) is 26.3 Å². The van der Waals surface area contributed by atoms with Crippen LogP contribution < -0.4 is 5.32 Å². The van der Waals surface area contributed by atoms with Crippen molar-refractivity contribution >= 4 is 17.8 Å². The molecule has 0 aromatic carbocycles. The number of rotatable bonds is 10. The summed E-state index contributed by atoms with van der Waals surface area (Å²) >= 11 is 0. The van der Waals surface area contributed by atoms with Crippen LogP contribution in [0, 0.1) is 0 Å². The van der Waals surface area contributed by atoms with Crippen LogP contribution in [0.1, 0.15) is 19.8 Å². The Balaban J connectivity index is 1.89. The molecule has 218 valence electrons. The molecule has 0 saturated carbocycles. The van der Waals surface area contributed by atoms with Gasteiger partial charge >= 0.3 is 11.9 Å². The topological polar surface area (TPSA) is 245 Å². The van der Waals surface area contributed by atoms with Crippen LogP contribution in [0.4, 0.5) is 0 Å². The van der Waals surface area contributed by atoms with Gasteiger partial charge in [-0.25, -0.2) is 0 Å². The Hall–Kier alpha value is -1.99. The monoisotopic (exact) mass is 552 g/mol. The maximum atomic E-state index is 13.1. The third-order valence-electron chi connectivity index (χ3n) is 6.85. The highest BCUT2D eigenvalue weighted by atomic mass is 16.7. The summed E-state index contributed by atoms with van der Waals surface area (Å²) in [5.41, 5.74) is 0. The number of aliphatic hydroxyl groups excluding tert-OH is 7. The van der Waals surface area contributed by atoms with E-state index in [4.69, 9.17) is 18.9 Å². The Bertz CT molecular complexity index is 830. The van der Waals surface area contributed by atoms with E-state index in [9.17, 15) is 50.1 Å². The summed E-state index contributed by atoms with van der Waals surface area (Å²) < 4.78 is 21.1. The molecule has 0 spiro atoms. The minimum absolute atomic E-state index is 0.0788. The number of hydrogen-bond donors (Lipinski definition) is 8. The van der Waals surface area contributed by atoms with Crippen molar-refractivity contribution in [3.05, 3.63) is 0 Å². The molecule has 3 fully saturated rings. The molecule has 0 aromatic heterocycles. The fraction of sp³-hybridized carbons (Fsp3) is 0.864. The molecule has 8 N–H and O–H groups in total. The van der Waals surface area contributed by atoms with Crippen LogP contribution in [0.2, 0.25) is 0 Å². The molecule has 0 radical (unpaired) electrons. The van der Waals surface area contributed by atoms with E-state index in [1.54, 1.807) is 6.92 Å². The minimum atomic E-state index is -1.91. The molecule has 16 nitrogen and oxygen atoms in total. The minimum Gasteiger partial charge on any atom is -0.465 e. The summed E-state index contributed by atoms with van der Waals surface area (Å²) in [5.74, 6) is -2.42. The number of fused-ring (bicyclic) bond motifs is 1. The number of aliphatic hydroxyl groups is 7. The van der Waals surface area contributed by atoms with Crippen LogP contribution >= 0.6 is 0 Å². The second-order valence-corrected chi connectivity index (χ2v) is 9.30. The molecule has 16 heteroatoms. The van der Waals surface area contributed by atoms with Crippen molar-refractivity contribution in [3.8, 4) is 0 Å². The fourth-order valence-corrected chi connectivity index (χ4v) is 4.90. The molecule has 11 atom stereocenters. The van der Waals surface area contributed by atoms with E-state index in [2.05, 4.69) is 5.32 Å². The second kappa shape index (κ2) is 13.4. The molecular formula is C22H36N2O14. The molecule has 0 aliphatic carbocycles. The first-order valence-corrected chi connectivity index (χ1v) is 12.4. The molecule has 3 heterocycles. The average Bonchev–Trinajstić information content (AvgIpc) is 3.35. The highest BCUT2D eigenvalue weighted by molar-refractivity contribution is 5.88. The van der Waals surface area contributed by atoms with Crippen LogP contribution in [0.25, 0.3) is 0 Å². The van der Waals surface area contributed by atoms with Gasteiger partial charge in [0.2, 0.25) is 5.91 Å². The Morgan fingerprint density at radius 2 is 1.84 bits per heavy atom. The van der Waals surface area contributed by atoms with Crippen LogP contribution in [0.15, 0.2) is 0 Å². The normalized spacial score (nSPS) is 37.5. The first kappa shape index (κ1) is 30.6. The van der Waals surface area contributed by atoms with E-state index in [1.807, 2.05) is 0 Å². The first-order valence-electron chi connectivity index (χ1n) is 12.4. The molecule has 0 bridgehead atoms. The van der Waals surface area contributed by atoms with Gasteiger partial charge in [0, 0.05) is 0 Å². The average molecular weight is 553 g/mol. The van der Waals surface area contributed by atoms with Gasteiger partial charge < -0.3 is 60.0 Å². The number of nitrogens with zero attached hydrogens (tertiary/aromatic N) is 1. The van der Waals surface area contributed by atoms with Gasteiger partial charge in [-0.2, -0.15) is 0 Å². The summed E-state index contributed by atoms with van der Waals surface area (Å²) in [5, 5.41) is 73.7. The van der Waals surface area contributed by atoms with E-state index < -0.39 is 105 Å². The smallest absolute Gasteiger partial charge is 0.325 e. The number of nitrogens with one attached hydrogen (secondary N) is 1. The lowest BCUT2D eigenvalue weighted by Gasteiger charge is -2.43. The van der Waals surface area contributed by atoms with Crippen LogP contribution in [0.5, 0.6) is 0 Å². The molecular weight excluding hydrogens is 516 g/mol. The number of carbonyl (C=O) groups is 3. The van der Waals surface area contributed by atoms with Gasteiger partial charge in [0.05, 0.1) is 19.8 Å². The third kappa shape index (κ3) is 6.41. The van der Waals surface area contributed by atoms with Crippen molar-refractivity contribution in [1.29, 1.82) is 0 Å². The Morgan fingerprint density at radius 1 is 1.13 bits per heavy atom. The van der Waals surface area contributed by atoms with Crippen LogP contribution in [0.3, 0.4) is 0 Å². The molecule has 0 unspecified atom stereocenters. The fourth-order valence-electron chi connectivity index (χ4n) is 4.90. The predicted octanol–water partition coefficient (Wildman–Crippen LogP) is -5.68. The van der Waals surface area contributed by atoms with Crippen molar-refractivity contribution in [2.45, 2.75) is 87.0 Å². The van der Waals surface area contributed by atoms with Gasteiger partial charge in [0.25, 0.3) is 0 Å². The number of cyclic esters (lactones) is 1. The lowest BCUT2D eigenvalue weighted by molar-refractivity contribution is -0.327. The Morgan fingerprint density at radius 3 is 2.47 bits per heavy atom. The number of ether oxygens (including phenoxy) is 4. The molecule has 3 aliphatic rings. The van der Waals surface area contributed by atoms with E-state index in [-0.39, 0.29) is 13.2 Å². The van der Waals surface area contributed by atoms with E-state index in [1.165, 1.54) is 4.90 Å². The van der Waals surface area contributed by atoms with E-state index in [0.29, 0.717) is 12.8 Å². The zero-order chi connectivity index (χ0) is 28.1. The maximum absolute atomic E-state index is 13.1. The highest BCUT2D eigenvalue weighted by Gasteiger charge is 2.54. The summed E-state index contributed by atoms with van der Waals surface area (Å²) in [4.78, 5) is 39.3. The SMILES string of the molecule is CCOC(=O)CNC(=O)[C@@H]1[C@H](O)[C@H]([C@H](O[C@H]2O[C@H](CO)[C@@H](O)[C@H](O)[C@H]2O)[C@H](O)CO)OC(=O)[C@@H]2CCCN12. The molecule has 38 heavy (non-hydrogen) atoms. The van der Waals surface area contributed by atoms with Gasteiger partial charge in [-0.15, -0.1) is 0 Å². The van der Waals surface area contributed by atoms with Crippen LogP contribution in [-0.4, -0.2) is 159 Å². The molecule has 0 aromatic rings. The molecule has 3 rings (SSSR count). The van der Waals surface area contributed by atoms with Crippen molar-refractivity contribution < 1.29 is 69.1 Å². The van der Waals surface area contributed by atoms with Gasteiger partial charge in [0.1, 0.15) is 61.4 Å². The number of carbonyl (C=O) groups excluding carboxylic acids is 3. The van der Waals surface area contributed by atoms with Crippen molar-refractivity contribution in [1.82, 2.24) is 10.2 Å². The zero-order valence-electron chi connectivity index (χ0n) is 20.7. The maximum Gasteiger partial charge on any atom is 0.325 e. The zero-order valence-corrected chi connectivity index (χ0v) is 20.7. The lowest BCUT2D eigenvalue weighted by Crippen LogP contribution is -2.63. The van der Waals surface area contributed by atoms with Gasteiger partial charge in [0.15, 0.2) is 12.4 Å². The largest absolute Gasteiger partial charge is 0.465 e. The van der Waals surface area contributed by atoms with Crippen LogP contribution in [-0.2, 0) is 33.3 Å². The lowest BCUT2D eigenvalue weighted by atomic mass is 9.95. The molecule has 1 amide bonds. The van der Waals surface area contributed by atoms with E-state index in [0.717, 1.165) is 0 Å². The Kier molecular flexibility index (Phi) is 10.8. The van der Waals surface area contributed by atoms with Crippen molar-refractivity contribution in [2.75, 3.05) is 32.9 Å². The quantitative estimate of drug-likeness (QED) is 0.118. The second-order valence-electron chi connectivity index (χ2n) is 9.30. The Labute approximate surface area is 217 Å².